The Bertz CT molecular complexity index is 1310. The van der Waals surface area contributed by atoms with E-state index < -0.39 is 92.7 Å². The minimum absolute atomic E-state index is 0.174. The fourth-order valence-corrected chi connectivity index (χ4v) is 10.3. The van der Waals surface area contributed by atoms with Gasteiger partial charge in [0, 0.05) is 12.8 Å². The van der Waals surface area contributed by atoms with Gasteiger partial charge in [-0.1, -0.05) is 251 Å². The predicted molar refractivity (Wildman–Crippen MR) is 294 cm³/mol. The van der Waals surface area contributed by atoms with Crippen LogP contribution >= 0.6 is 0 Å². The molecule has 0 spiro atoms. The van der Waals surface area contributed by atoms with Crippen molar-refractivity contribution in [3.8, 4) is 0 Å². The van der Waals surface area contributed by atoms with Crippen molar-refractivity contribution in [1.29, 1.82) is 0 Å². The molecule has 2 rings (SSSR count). The minimum atomic E-state index is -1.76. The molecule has 2 aliphatic rings. The summed E-state index contributed by atoms with van der Waals surface area (Å²) in [6.07, 6.45) is 32.6. The Morgan fingerprint density at radius 2 is 0.680 bits per heavy atom. The Kier molecular flexibility index (Phi) is 43.9. The van der Waals surface area contributed by atoms with E-state index in [0.29, 0.717) is 12.8 Å². The Morgan fingerprint density at radius 1 is 0.373 bits per heavy atom. The number of rotatable bonds is 51. The van der Waals surface area contributed by atoms with Crippen molar-refractivity contribution < 1.29 is 73.8 Å². The molecule has 0 amide bonds. The number of ether oxygens (including phenoxy) is 6. The van der Waals surface area contributed by atoms with Crippen LogP contribution in [0.2, 0.25) is 0 Å². The zero-order valence-electron chi connectivity index (χ0n) is 47.6. The molecule has 75 heavy (non-hydrogen) atoms. The van der Waals surface area contributed by atoms with Crippen LogP contribution in [-0.2, 0) is 38.0 Å². The average Bonchev–Trinajstić information content (AvgIpc) is 3.40. The smallest absolute Gasteiger partial charge is 0.306 e. The molecule has 0 aromatic rings. The lowest BCUT2D eigenvalue weighted by Gasteiger charge is -2.42. The molecular formula is C60H114O15. The van der Waals surface area contributed by atoms with Gasteiger partial charge in [0.15, 0.2) is 18.7 Å². The number of unbranched alkanes of at least 4 members (excludes halogenated alkanes) is 37. The maximum Gasteiger partial charge on any atom is 0.306 e. The van der Waals surface area contributed by atoms with Crippen molar-refractivity contribution in [3.05, 3.63) is 0 Å². The molecular weight excluding hydrogens is 961 g/mol. The van der Waals surface area contributed by atoms with Gasteiger partial charge in [-0.2, -0.15) is 0 Å². The Balaban J connectivity index is 1.71. The maximum absolute atomic E-state index is 13.1. The SMILES string of the molecule is CCCCCCCCCCCCCCCCCCCCCCC(=O)OC[C@@H](CO[C@@H]1O[C@H](CO[C@@H]2O[C@H](CO)[C@H](O)C(O)C2O)[C@H](O)C(O)C1O)OC(=O)CCCCCCCCCCCCCCCCCCCCC. The predicted octanol–water partition coefficient (Wildman–Crippen LogP) is 11.1. The first-order valence-electron chi connectivity index (χ1n) is 31.1. The van der Waals surface area contributed by atoms with Crippen molar-refractivity contribution in [2.45, 2.75) is 345 Å². The lowest BCUT2D eigenvalue weighted by Crippen LogP contribution is -2.61. The number of carbonyl (C=O) groups is 2. The van der Waals surface area contributed by atoms with Crippen LogP contribution < -0.4 is 0 Å². The Morgan fingerprint density at radius 3 is 1.04 bits per heavy atom. The fraction of sp³-hybridized carbons (Fsp3) is 0.967. The minimum Gasteiger partial charge on any atom is -0.462 e. The van der Waals surface area contributed by atoms with Crippen LogP contribution in [0.1, 0.15) is 277 Å². The van der Waals surface area contributed by atoms with Crippen molar-refractivity contribution in [1.82, 2.24) is 0 Å². The van der Waals surface area contributed by atoms with Crippen LogP contribution in [0, 0.1) is 0 Å². The topological polar surface area (TPSA) is 231 Å². The fourth-order valence-electron chi connectivity index (χ4n) is 10.3. The quantitative estimate of drug-likeness (QED) is 0.0222. The molecule has 2 fully saturated rings. The van der Waals surface area contributed by atoms with Gasteiger partial charge in [-0.15, -0.1) is 0 Å². The van der Waals surface area contributed by atoms with E-state index in [0.717, 1.165) is 38.5 Å². The molecule has 15 heteroatoms. The summed E-state index contributed by atoms with van der Waals surface area (Å²) in [4.78, 5) is 25.9. The van der Waals surface area contributed by atoms with Gasteiger partial charge in [0.05, 0.1) is 19.8 Å². The first kappa shape index (κ1) is 69.6. The molecule has 0 radical (unpaired) electrons. The zero-order valence-corrected chi connectivity index (χ0v) is 47.6. The number of carbonyl (C=O) groups excluding carboxylic acids is 2. The van der Waals surface area contributed by atoms with Crippen molar-refractivity contribution >= 4 is 11.9 Å². The van der Waals surface area contributed by atoms with Crippen LogP contribution in [0.15, 0.2) is 0 Å². The van der Waals surface area contributed by atoms with E-state index in [4.69, 9.17) is 28.4 Å². The van der Waals surface area contributed by atoms with Crippen LogP contribution in [0.3, 0.4) is 0 Å². The molecule has 0 saturated carbocycles. The molecule has 0 aliphatic carbocycles. The standard InChI is InChI=1S/C60H114O15/c1-3-5-7-9-11-13-15-17-19-21-23-25-26-28-30-32-34-36-38-40-42-51(62)70-45-48(73-52(63)43-41-39-37-35-33-31-29-27-24-22-20-18-16-14-12-10-8-6-4-2)46-71-59-58(69)56(67)54(65)50(75-59)47-72-60-57(68)55(66)53(64)49(44-61)74-60/h48-50,53-61,64-69H,3-47H2,1-2H3/t48-,49+,50+,53-,54-,55?,56?,57?,58?,59+,60+/m0/s1. The summed E-state index contributed by atoms with van der Waals surface area (Å²) in [6, 6.07) is 0. The second-order valence-electron chi connectivity index (χ2n) is 22.3. The van der Waals surface area contributed by atoms with Crippen LogP contribution in [0.5, 0.6) is 0 Å². The number of hydrogen-bond donors (Lipinski definition) is 7. The Labute approximate surface area is 455 Å². The Hall–Kier alpha value is -1.50. The lowest BCUT2D eigenvalue weighted by atomic mass is 9.98. The highest BCUT2D eigenvalue weighted by atomic mass is 16.7. The van der Waals surface area contributed by atoms with Gasteiger partial charge >= 0.3 is 11.9 Å². The number of aliphatic hydroxyl groups is 7. The summed E-state index contributed by atoms with van der Waals surface area (Å²) in [7, 11) is 0. The van der Waals surface area contributed by atoms with Crippen molar-refractivity contribution in [2.75, 3.05) is 26.4 Å². The highest BCUT2D eigenvalue weighted by molar-refractivity contribution is 5.70. The summed E-state index contributed by atoms with van der Waals surface area (Å²) >= 11 is 0. The van der Waals surface area contributed by atoms with Gasteiger partial charge in [0.2, 0.25) is 0 Å². The van der Waals surface area contributed by atoms with Gasteiger partial charge in [-0.3, -0.25) is 9.59 Å². The normalized spacial score (nSPS) is 24.4. The summed E-state index contributed by atoms with van der Waals surface area (Å²) in [5, 5.41) is 72.4. The summed E-state index contributed by atoms with van der Waals surface area (Å²) < 4.78 is 33.8. The van der Waals surface area contributed by atoms with E-state index >= 15 is 0 Å². The molecule has 0 aromatic carbocycles. The van der Waals surface area contributed by atoms with E-state index in [1.807, 2.05) is 0 Å². The second kappa shape index (κ2) is 47.3. The van der Waals surface area contributed by atoms with Crippen molar-refractivity contribution in [3.63, 3.8) is 0 Å². The molecule has 4 unspecified atom stereocenters. The monoisotopic (exact) mass is 1070 g/mol. The molecule has 15 nitrogen and oxygen atoms in total. The molecule has 0 bridgehead atoms. The molecule has 2 heterocycles. The number of aliphatic hydroxyl groups excluding tert-OH is 7. The molecule has 2 saturated heterocycles. The number of esters is 2. The van der Waals surface area contributed by atoms with E-state index in [1.165, 1.54) is 199 Å². The van der Waals surface area contributed by atoms with Crippen LogP contribution in [0.4, 0.5) is 0 Å². The van der Waals surface area contributed by atoms with Gasteiger partial charge < -0.3 is 64.2 Å². The highest BCUT2D eigenvalue weighted by Crippen LogP contribution is 2.27. The first-order chi connectivity index (χ1) is 36.5. The maximum atomic E-state index is 13.1. The van der Waals surface area contributed by atoms with Crippen molar-refractivity contribution in [2.24, 2.45) is 0 Å². The summed E-state index contributed by atoms with van der Waals surface area (Å²) in [5.74, 6) is -0.901. The van der Waals surface area contributed by atoms with E-state index in [1.54, 1.807) is 0 Å². The van der Waals surface area contributed by atoms with Gasteiger partial charge in [-0.05, 0) is 12.8 Å². The van der Waals surface area contributed by atoms with Gasteiger partial charge in [-0.25, -0.2) is 0 Å². The third-order valence-electron chi connectivity index (χ3n) is 15.3. The first-order valence-corrected chi connectivity index (χ1v) is 31.1. The lowest BCUT2D eigenvalue weighted by molar-refractivity contribution is -0.332. The summed E-state index contributed by atoms with van der Waals surface area (Å²) in [6.45, 7) is 2.67. The third-order valence-corrected chi connectivity index (χ3v) is 15.3. The largest absolute Gasteiger partial charge is 0.462 e. The third kappa shape index (κ3) is 34.3. The highest BCUT2D eigenvalue weighted by Gasteiger charge is 2.47. The van der Waals surface area contributed by atoms with Crippen LogP contribution in [-0.4, -0.2) is 142 Å². The molecule has 7 N–H and O–H groups in total. The zero-order chi connectivity index (χ0) is 54.6. The van der Waals surface area contributed by atoms with Gasteiger partial charge in [0.1, 0.15) is 55.4 Å². The molecule has 2 aliphatic heterocycles. The molecule has 11 atom stereocenters. The molecule has 444 valence electrons. The van der Waals surface area contributed by atoms with E-state index in [9.17, 15) is 45.3 Å². The van der Waals surface area contributed by atoms with E-state index in [-0.39, 0.29) is 26.1 Å². The number of hydrogen-bond acceptors (Lipinski definition) is 15. The molecule has 0 aromatic heterocycles. The second-order valence-corrected chi connectivity index (χ2v) is 22.3. The van der Waals surface area contributed by atoms with Crippen LogP contribution in [0.25, 0.3) is 0 Å². The van der Waals surface area contributed by atoms with Gasteiger partial charge in [0.25, 0.3) is 0 Å². The van der Waals surface area contributed by atoms with E-state index in [2.05, 4.69) is 13.8 Å². The summed E-state index contributed by atoms with van der Waals surface area (Å²) in [5.41, 5.74) is 0. The average molecular weight is 1080 g/mol.